The number of amides is 1. The van der Waals surface area contributed by atoms with Crippen LogP contribution in [0.3, 0.4) is 0 Å². The molecule has 0 fully saturated rings. The van der Waals surface area contributed by atoms with Crippen LogP contribution in [0.1, 0.15) is 28.8 Å². The maximum atomic E-state index is 11.9. The normalized spacial score (nSPS) is 11.2. The summed E-state index contributed by atoms with van der Waals surface area (Å²) in [5.74, 6) is 4.83. The third-order valence-corrected chi connectivity index (χ3v) is 2.50. The molecule has 0 bridgehead atoms. The fourth-order valence-electron chi connectivity index (χ4n) is 1.56. The minimum atomic E-state index is -4.20. The Labute approximate surface area is 109 Å². The molecule has 0 aliphatic heterocycles. The highest BCUT2D eigenvalue weighted by Crippen LogP contribution is 2.21. The Morgan fingerprint density at radius 2 is 2.05 bits per heavy atom. The van der Waals surface area contributed by atoms with Gasteiger partial charge in [-0.3, -0.25) is 10.6 Å². The number of nitrogens with one attached hydrogen (secondary N) is 2. The van der Waals surface area contributed by atoms with Crippen LogP contribution in [0.4, 0.5) is 18.9 Å². The molecule has 1 aromatic carbocycles. The number of carbonyl (C=O) groups is 1. The molecular weight excluding hydrogens is 259 g/mol. The molecule has 0 spiro atoms. The number of hydrogen-bond acceptors (Lipinski definition) is 3. The molecule has 0 radical (unpaired) electrons. The fraction of sp³-hybridized carbons (Fsp3) is 0.417. The SMILES string of the molecule is Cc1ccc(NN)c(C(=O)NCCCC(F)(F)F)c1. The van der Waals surface area contributed by atoms with Crippen LogP contribution < -0.4 is 16.6 Å². The van der Waals surface area contributed by atoms with Gasteiger partial charge in [-0.25, -0.2) is 0 Å². The Balaban J connectivity index is 2.56. The van der Waals surface area contributed by atoms with Crippen molar-refractivity contribution in [2.24, 2.45) is 5.84 Å². The monoisotopic (exact) mass is 275 g/mol. The van der Waals surface area contributed by atoms with Crippen LogP contribution in [-0.2, 0) is 0 Å². The molecule has 19 heavy (non-hydrogen) atoms. The minimum Gasteiger partial charge on any atom is -0.352 e. The van der Waals surface area contributed by atoms with Gasteiger partial charge in [-0.2, -0.15) is 13.2 Å². The zero-order valence-corrected chi connectivity index (χ0v) is 10.5. The Hall–Kier alpha value is -1.76. The first-order valence-corrected chi connectivity index (χ1v) is 5.75. The second-order valence-electron chi connectivity index (χ2n) is 4.17. The van der Waals surface area contributed by atoms with Crippen molar-refractivity contribution in [3.8, 4) is 0 Å². The van der Waals surface area contributed by atoms with Crippen molar-refractivity contribution in [1.82, 2.24) is 5.32 Å². The Morgan fingerprint density at radius 3 is 2.63 bits per heavy atom. The smallest absolute Gasteiger partial charge is 0.352 e. The molecule has 0 aliphatic carbocycles. The van der Waals surface area contributed by atoms with Crippen molar-refractivity contribution in [3.63, 3.8) is 0 Å². The van der Waals surface area contributed by atoms with Gasteiger partial charge in [-0.15, -0.1) is 0 Å². The summed E-state index contributed by atoms with van der Waals surface area (Å²) in [5, 5.41) is 2.44. The van der Waals surface area contributed by atoms with Crippen molar-refractivity contribution in [3.05, 3.63) is 29.3 Å². The summed E-state index contributed by atoms with van der Waals surface area (Å²) >= 11 is 0. The van der Waals surface area contributed by atoms with Gasteiger partial charge in [0, 0.05) is 13.0 Å². The van der Waals surface area contributed by atoms with Crippen LogP contribution in [0.2, 0.25) is 0 Å². The third-order valence-electron chi connectivity index (χ3n) is 2.50. The molecule has 0 saturated heterocycles. The number of hydrogen-bond donors (Lipinski definition) is 3. The lowest BCUT2D eigenvalue weighted by Crippen LogP contribution is -2.27. The van der Waals surface area contributed by atoms with Gasteiger partial charge in [0.15, 0.2) is 0 Å². The largest absolute Gasteiger partial charge is 0.389 e. The number of anilines is 1. The molecule has 0 saturated carbocycles. The number of benzene rings is 1. The lowest BCUT2D eigenvalue weighted by molar-refractivity contribution is -0.135. The van der Waals surface area contributed by atoms with Crippen LogP contribution in [-0.4, -0.2) is 18.6 Å². The Bertz CT molecular complexity index is 446. The minimum absolute atomic E-state index is 0.0315. The number of hydrazine groups is 1. The molecule has 4 N–H and O–H groups in total. The van der Waals surface area contributed by atoms with E-state index in [-0.39, 0.29) is 13.0 Å². The molecule has 0 atom stereocenters. The van der Waals surface area contributed by atoms with E-state index in [9.17, 15) is 18.0 Å². The standard InChI is InChI=1S/C12H16F3N3O/c1-8-3-4-10(18-16)9(7-8)11(19)17-6-2-5-12(13,14)15/h3-4,7,18H,2,5-6,16H2,1H3,(H,17,19). The summed E-state index contributed by atoms with van der Waals surface area (Å²) < 4.78 is 35.8. The van der Waals surface area contributed by atoms with E-state index in [0.29, 0.717) is 11.3 Å². The average molecular weight is 275 g/mol. The van der Waals surface area contributed by atoms with Crippen molar-refractivity contribution in [2.75, 3.05) is 12.0 Å². The van der Waals surface area contributed by atoms with Crippen molar-refractivity contribution < 1.29 is 18.0 Å². The van der Waals surface area contributed by atoms with Gasteiger partial charge in [-0.05, 0) is 25.5 Å². The van der Waals surface area contributed by atoms with E-state index in [2.05, 4.69) is 10.7 Å². The van der Waals surface area contributed by atoms with Crippen molar-refractivity contribution in [1.29, 1.82) is 0 Å². The molecule has 0 heterocycles. The molecule has 1 amide bonds. The Kier molecular flexibility index (Phi) is 5.17. The fourth-order valence-corrected chi connectivity index (χ4v) is 1.56. The number of halogens is 3. The van der Waals surface area contributed by atoms with Crippen molar-refractivity contribution in [2.45, 2.75) is 25.9 Å². The van der Waals surface area contributed by atoms with Gasteiger partial charge in [-0.1, -0.05) is 11.6 Å². The predicted octanol–water partition coefficient (Wildman–Crippen LogP) is 2.35. The van der Waals surface area contributed by atoms with Crippen LogP contribution in [0.5, 0.6) is 0 Å². The molecule has 106 valence electrons. The van der Waals surface area contributed by atoms with E-state index in [1.807, 2.05) is 0 Å². The molecule has 7 heteroatoms. The number of nitrogens with two attached hydrogens (primary N) is 1. The van der Waals surface area contributed by atoms with Crippen LogP contribution >= 0.6 is 0 Å². The highest BCUT2D eigenvalue weighted by molar-refractivity contribution is 5.99. The number of carbonyl (C=O) groups excluding carboxylic acids is 1. The van der Waals surface area contributed by atoms with Crippen LogP contribution in [0, 0.1) is 6.92 Å². The van der Waals surface area contributed by atoms with Crippen molar-refractivity contribution >= 4 is 11.6 Å². The Morgan fingerprint density at radius 1 is 1.37 bits per heavy atom. The lowest BCUT2D eigenvalue weighted by Gasteiger charge is -2.11. The van der Waals surface area contributed by atoms with E-state index in [1.165, 1.54) is 0 Å². The molecule has 0 aliphatic rings. The molecule has 0 unspecified atom stereocenters. The molecule has 4 nitrogen and oxygen atoms in total. The first-order chi connectivity index (χ1) is 8.83. The average Bonchev–Trinajstić information content (AvgIpc) is 2.33. The summed E-state index contributed by atoms with van der Waals surface area (Å²) in [6.07, 6.45) is -5.26. The summed E-state index contributed by atoms with van der Waals surface area (Å²) in [4.78, 5) is 11.8. The van der Waals surface area contributed by atoms with Crippen LogP contribution in [0.25, 0.3) is 0 Å². The predicted molar refractivity (Wildman–Crippen MR) is 66.6 cm³/mol. The second kappa shape index (κ2) is 6.42. The van der Waals surface area contributed by atoms with Gasteiger partial charge in [0.1, 0.15) is 0 Å². The lowest BCUT2D eigenvalue weighted by atomic mass is 10.1. The highest BCUT2D eigenvalue weighted by atomic mass is 19.4. The number of nitrogen functional groups attached to an aromatic ring is 1. The zero-order valence-electron chi connectivity index (χ0n) is 10.5. The number of alkyl halides is 3. The topological polar surface area (TPSA) is 67.1 Å². The molecule has 1 aromatic rings. The summed E-state index contributed by atoms with van der Waals surface area (Å²) in [6, 6.07) is 5.03. The quantitative estimate of drug-likeness (QED) is 0.439. The van der Waals surface area contributed by atoms with E-state index in [1.54, 1.807) is 25.1 Å². The van der Waals surface area contributed by atoms with E-state index < -0.39 is 18.5 Å². The summed E-state index contributed by atoms with van der Waals surface area (Å²) in [6.45, 7) is 1.77. The van der Waals surface area contributed by atoms with Gasteiger partial charge < -0.3 is 10.7 Å². The maximum absolute atomic E-state index is 11.9. The highest BCUT2D eigenvalue weighted by Gasteiger charge is 2.26. The van der Waals surface area contributed by atoms with Crippen LogP contribution in [0.15, 0.2) is 18.2 Å². The third kappa shape index (κ3) is 5.17. The van der Waals surface area contributed by atoms with E-state index in [0.717, 1.165) is 5.56 Å². The van der Waals surface area contributed by atoms with Gasteiger partial charge >= 0.3 is 6.18 Å². The molecular formula is C12H16F3N3O. The first-order valence-electron chi connectivity index (χ1n) is 5.75. The molecule has 1 rings (SSSR count). The number of rotatable bonds is 5. The number of aryl methyl sites for hydroxylation is 1. The maximum Gasteiger partial charge on any atom is 0.389 e. The van der Waals surface area contributed by atoms with E-state index >= 15 is 0 Å². The van der Waals surface area contributed by atoms with E-state index in [4.69, 9.17) is 5.84 Å². The zero-order chi connectivity index (χ0) is 14.5. The first kappa shape index (κ1) is 15.3. The summed E-state index contributed by atoms with van der Waals surface area (Å²) in [7, 11) is 0. The second-order valence-corrected chi connectivity index (χ2v) is 4.17. The summed E-state index contributed by atoms with van der Waals surface area (Å²) in [5.41, 5.74) is 3.98. The van der Waals surface area contributed by atoms with Gasteiger partial charge in [0.25, 0.3) is 5.91 Å². The molecule has 0 aromatic heterocycles. The van der Waals surface area contributed by atoms with Gasteiger partial charge in [0.2, 0.25) is 0 Å². The van der Waals surface area contributed by atoms with Gasteiger partial charge in [0.05, 0.1) is 11.3 Å².